The Morgan fingerprint density at radius 1 is 1.04 bits per heavy atom. The molecule has 0 aromatic heterocycles. The zero-order valence-electron chi connectivity index (χ0n) is 16.5. The van der Waals surface area contributed by atoms with E-state index in [1.54, 1.807) is 27.4 Å². The van der Waals surface area contributed by atoms with Crippen LogP contribution in [0.5, 0.6) is 17.2 Å². The van der Waals surface area contributed by atoms with Crippen LogP contribution in [0.15, 0.2) is 42.5 Å². The molecule has 0 amide bonds. The van der Waals surface area contributed by atoms with Crippen molar-refractivity contribution in [3.63, 3.8) is 0 Å². The molecule has 5 heteroatoms. The van der Waals surface area contributed by atoms with Crippen LogP contribution in [0.2, 0.25) is 0 Å². The summed E-state index contributed by atoms with van der Waals surface area (Å²) in [6.07, 6.45) is 7.03. The molecule has 0 radical (unpaired) electrons. The summed E-state index contributed by atoms with van der Waals surface area (Å²) in [7, 11) is 4.71. The fourth-order valence-corrected chi connectivity index (χ4v) is 3.50. The van der Waals surface area contributed by atoms with Crippen molar-refractivity contribution in [3.8, 4) is 17.2 Å². The van der Waals surface area contributed by atoms with Crippen LogP contribution in [0.1, 0.15) is 29.5 Å². The van der Waals surface area contributed by atoms with Gasteiger partial charge in [0.05, 0.1) is 27.4 Å². The number of methoxy groups -OCH3 is 3. The van der Waals surface area contributed by atoms with Crippen LogP contribution in [0.25, 0.3) is 12.2 Å². The molecule has 3 unspecified atom stereocenters. The van der Waals surface area contributed by atoms with Gasteiger partial charge >= 0.3 is 0 Å². The molecule has 1 aliphatic carbocycles. The van der Waals surface area contributed by atoms with Gasteiger partial charge in [-0.25, -0.2) is 4.39 Å². The number of aliphatic hydroxyl groups is 1. The highest BCUT2D eigenvalue weighted by Gasteiger charge is 2.27. The van der Waals surface area contributed by atoms with Gasteiger partial charge in [0.25, 0.3) is 0 Å². The molecule has 3 atom stereocenters. The normalized spacial score (nSPS) is 17.4. The Kier molecular flexibility index (Phi) is 6.05. The van der Waals surface area contributed by atoms with E-state index in [0.29, 0.717) is 17.2 Å². The van der Waals surface area contributed by atoms with Gasteiger partial charge in [-0.3, -0.25) is 0 Å². The number of hydrogen-bond acceptors (Lipinski definition) is 4. The monoisotopic (exact) mass is 384 g/mol. The molecule has 2 aromatic carbocycles. The molecule has 28 heavy (non-hydrogen) atoms. The zero-order chi connectivity index (χ0) is 20.3. The maximum absolute atomic E-state index is 13.4. The highest BCUT2D eigenvalue weighted by atomic mass is 19.1. The molecular weight excluding hydrogens is 359 g/mol. The van der Waals surface area contributed by atoms with Gasteiger partial charge in [0.1, 0.15) is 5.82 Å². The van der Waals surface area contributed by atoms with Crippen molar-refractivity contribution in [3.05, 3.63) is 65.0 Å². The number of ether oxygens (including phenoxy) is 3. The molecule has 0 saturated carbocycles. The van der Waals surface area contributed by atoms with Gasteiger partial charge in [-0.05, 0) is 41.0 Å². The lowest BCUT2D eigenvalue weighted by molar-refractivity contribution is 0.124. The first-order valence-electron chi connectivity index (χ1n) is 9.12. The van der Waals surface area contributed by atoms with E-state index in [0.717, 1.165) is 16.7 Å². The first kappa shape index (κ1) is 20.0. The Morgan fingerprint density at radius 3 is 2.32 bits per heavy atom. The van der Waals surface area contributed by atoms with Gasteiger partial charge in [-0.15, -0.1) is 0 Å². The molecule has 3 rings (SSSR count). The van der Waals surface area contributed by atoms with Crippen LogP contribution < -0.4 is 14.2 Å². The zero-order valence-corrected chi connectivity index (χ0v) is 16.5. The predicted octanol–water partition coefficient (Wildman–Crippen LogP) is 4.67. The standard InChI is InChI=1S/C23H25FO4/c1-14(22(25)19-9-7-16-13-17(24)8-10-18(16)19)5-6-15-11-20(26-2)23(28-4)21(12-15)27-3/h5-14,19,22,25H,1-4H3. The fraction of sp³-hybridized carbons (Fsp3) is 0.304. The Bertz CT molecular complexity index is 878. The Morgan fingerprint density at radius 2 is 1.71 bits per heavy atom. The minimum Gasteiger partial charge on any atom is -0.493 e. The van der Waals surface area contributed by atoms with Crippen LogP contribution in [0, 0.1) is 11.7 Å². The third-order valence-corrected chi connectivity index (χ3v) is 5.08. The topological polar surface area (TPSA) is 47.9 Å². The van der Waals surface area contributed by atoms with E-state index < -0.39 is 6.10 Å². The van der Waals surface area contributed by atoms with Crippen LogP contribution in [0.4, 0.5) is 4.39 Å². The molecule has 1 N–H and O–H groups in total. The summed E-state index contributed by atoms with van der Waals surface area (Å²) in [5, 5.41) is 10.8. The van der Waals surface area contributed by atoms with Crippen molar-refractivity contribution in [2.24, 2.45) is 5.92 Å². The molecule has 148 valence electrons. The van der Waals surface area contributed by atoms with E-state index in [-0.39, 0.29) is 17.7 Å². The van der Waals surface area contributed by atoms with Gasteiger partial charge < -0.3 is 19.3 Å². The van der Waals surface area contributed by atoms with Gasteiger partial charge in [-0.2, -0.15) is 0 Å². The molecule has 0 bridgehead atoms. The van der Waals surface area contributed by atoms with Crippen LogP contribution in [-0.4, -0.2) is 32.5 Å². The van der Waals surface area contributed by atoms with Gasteiger partial charge in [0, 0.05) is 11.8 Å². The summed E-state index contributed by atoms with van der Waals surface area (Å²) >= 11 is 0. The van der Waals surface area contributed by atoms with Crippen LogP contribution >= 0.6 is 0 Å². The van der Waals surface area contributed by atoms with Crippen molar-refractivity contribution in [1.29, 1.82) is 0 Å². The smallest absolute Gasteiger partial charge is 0.203 e. The number of aliphatic hydroxyl groups excluding tert-OH is 1. The molecule has 0 heterocycles. The van der Waals surface area contributed by atoms with Crippen molar-refractivity contribution in [2.45, 2.75) is 18.9 Å². The van der Waals surface area contributed by atoms with Crippen LogP contribution in [-0.2, 0) is 0 Å². The summed E-state index contributed by atoms with van der Waals surface area (Å²) in [6, 6.07) is 8.38. The largest absolute Gasteiger partial charge is 0.493 e. The van der Waals surface area contributed by atoms with E-state index in [2.05, 4.69) is 0 Å². The number of rotatable bonds is 7. The highest BCUT2D eigenvalue weighted by Crippen LogP contribution is 2.39. The quantitative estimate of drug-likeness (QED) is 0.753. The Labute approximate surface area is 164 Å². The summed E-state index contributed by atoms with van der Waals surface area (Å²) in [5.74, 6) is 1.14. The lowest BCUT2D eigenvalue weighted by atomic mass is 9.87. The first-order valence-corrected chi connectivity index (χ1v) is 9.12. The second kappa shape index (κ2) is 8.48. The van der Waals surface area contributed by atoms with Gasteiger partial charge in [-0.1, -0.05) is 37.3 Å². The Hall–Kier alpha value is -2.79. The molecule has 0 saturated heterocycles. The SMILES string of the molecule is COc1cc(C=CC(C)C(O)C2C=Cc3cc(F)ccc32)cc(OC)c1OC. The average Bonchev–Trinajstić information content (AvgIpc) is 3.13. The second-order valence-electron chi connectivity index (χ2n) is 6.83. The van der Waals surface area contributed by atoms with E-state index in [9.17, 15) is 9.50 Å². The molecule has 0 spiro atoms. The summed E-state index contributed by atoms with van der Waals surface area (Å²) in [4.78, 5) is 0. The highest BCUT2D eigenvalue weighted by molar-refractivity contribution is 5.64. The maximum Gasteiger partial charge on any atom is 0.203 e. The second-order valence-corrected chi connectivity index (χ2v) is 6.83. The number of halogens is 1. The minimum absolute atomic E-state index is 0.121. The number of benzene rings is 2. The van der Waals surface area contributed by atoms with Crippen molar-refractivity contribution < 1.29 is 23.7 Å². The van der Waals surface area contributed by atoms with E-state index >= 15 is 0 Å². The fourth-order valence-electron chi connectivity index (χ4n) is 3.50. The van der Waals surface area contributed by atoms with Crippen LogP contribution in [0.3, 0.4) is 0 Å². The van der Waals surface area contributed by atoms with E-state index in [1.807, 2.05) is 43.4 Å². The summed E-state index contributed by atoms with van der Waals surface area (Å²) in [5.41, 5.74) is 2.64. The minimum atomic E-state index is -0.624. The average molecular weight is 384 g/mol. The molecule has 4 nitrogen and oxygen atoms in total. The lowest BCUT2D eigenvalue weighted by Crippen LogP contribution is -2.22. The van der Waals surface area contributed by atoms with Crippen molar-refractivity contribution in [1.82, 2.24) is 0 Å². The number of fused-ring (bicyclic) bond motifs is 1. The molecule has 2 aromatic rings. The van der Waals surface area contributed by atoms with Gasteiger partial charge in [0.2, 0.25) is 5.75 Å². The van der Waals surface area contributed by atoms with Crippen molar-refractivity contribution in [2.75, 3.05) is 21.3 Å². The molecular formula is C23H25FO4. The van der Waals surface area contributed by atoms with E-state index in [4.69, 9.17) is 14.2 Å². The first-order chi connectivity index (χ1) is 13.5. The lowest BCUT2D eigenvalue weighted by Gasteiger charge is -2.22. The third-order valence-electron chi connectivity index (χ3n) is 5.08. The predicted molar refractivity (Wildman–Crippen MR) is 108 cm³/mol. The molecule has 0 fully saturated rings. The van der Waals surface area contributed by atoms with E-state index in [1.165, 1.54) is 12.1 Å². The van der Waals surface area contributed by atoms with Gasteiger partial charge in [0.15, 0.2) is 11.5 Å². The summed E-state index contributed by atoms with van der Waals surface area (Å²) < 4.78 is 29.5. The summed E-state index contributed by atoms with van der Waals surface area (Å²) in [6.45, 7) is 1.95. The number of hydrogen-bond donors (Lipinski definition) is 1. The molecule has 1 aliphatic rings. The molecule has 0 aliphatic heterocycles. The van der Waals surface area contributed by atoms with Crippen molar-refractivity contribution >= 4 is 12.2 Å². The Balaban J connectivity index is 1.79. The maximum atomic E-state index is 13.4. The third kappa shape index (κ3) is 3.90.